The molecule has 0 atom stereocenters. The van der Waals surface area contributed by atoms with E-state index in [9.17, 15) is 20.4 Å². The first-order chi connectivity index (χ1) is 20.4. The molecular weight excluding hydrogens is 544 g/mol. The number of hydrogen-bond donors (Lipinski definition) is 4. The van der Waals surface area contributed by atoms with Crippen molar-refractivity contribution in [2.75, 3.05) is 0 Å². The molecule has 4 nitrogen and oxygen atoms in total. The monoisotopic (exact) mass is 596 g/mol. The van der Waals surface area contributed by atoms with Gasteiger partial charge in [-0.05, 0) is 113 Å². The van der Waals surface area contributed by atoms with E-state index >= 15 is 0 Å². The molecule has 0 aliphatic rings. The maximum atomic E-state index is 10.5. The summed E-state index contributed by atoms with van der Waals surface area (Å²) in [7, 11) is 0. The summed E-state index contributed by atoms with van der Waals surface area (Å²) in [4.78, 5) is 0. The van der Waals surface area contributed by atoms with Crippen LogP contribution in [-0.4, -0.2) is 20.4 Å². The summed E-state index contributed by atoms with van der Waals surface area (Å²) in [5, 5.41) is 41.1. The standard InChI is InChI=1S/C21H28O2.C19H24O2/c1-7-21(8-2,17-9-13(3)19(22)14(4)10-17)18-11-15(5)20(23)16(6)12-18;1-11-7-13(3)17(20)15(9-11)19(5,6)16-10-12(2)8-14(4)18(16)21/h9-12,22-23H,7-8H2,1-6H3;7-10,20-21H,1-6H3. The molecule has 0 saturated heterocycles. The lowest BCUT2D eigenvalue weighted by Crippen LogP contribution is -2.26. The summed E-state index contributed by atoms with van der Waals surface area (Å²) in [6.45, 7) is 24.2. The van der Waals surface area contributed by atoms with E-state index in [0.29, 0.717) is 23.0 Å². The van der Waals surface area contributed by atoms with Gasteiger partial charge in [0.15, 0.2) is 0 Å². The summed E-state index contributed by atoms with van der Waals surface area (Å²) in [5.74, 6) is 1.38. The van der Waals surface area contributed by atoms with Crippen LogP contribution in [0, 0.1) is 55.4 Å². The number of benzene rings is 4. The van der Waals surface area contributed by atoms with E-state index in [1.165, 1.54) is 11.1 Å². The molecule has 4 rings (SSSR count). The van der Waals surface area contributed by atoms with Crippen LogP contribution >= 0.6 is 0 Å². The Hall–Kier alpha value is -3.92. The molecule has 4 aromatic carbocycles. The van der Waals surface area contributed by atoms with E-state index in [0.717, 1.165) is 68.5 Å². The molecule has 0 heterocycles. The van der Waals surface area contributed by atoms with Crippen molar-refractivity contribution >= 4 is 0 Å². The van der Waals surface area contributed by atoms with Crippen molar-refractivity contribution in [2.24, 2.45) is 0 Å². The average Bonchev–Trinajstić information content (AvgIpc) is 2.95. The van der Waals surface area contributed by atoms with Crippen molar-refractivity contribution in [3.63, 3.8) is 0 Å². The van der Waals surface area contributed by atoms with Crippen LogP contribution in [0.2, 0.25) is 0 Å². The topological polar surface area (TPSA) is 80.9 Å². The minimum atomic E-state index is -0.471. The van der Waals surface area contributed by atoms with Gasteiger partial charge in [-0.2, -0.15) is 0 Å². The van der Waals surface area contributed by atoms with E-state index in [2.05, 4.69) is 38.1 Å². The molecule has 0 aliphatic carbocycles. The van der Waals surface area contributed by atoms with Crippen molar-refractivity contribution in [3.8, 4) is 23.0 Å². The molecule has 0 amide bonds. The molecule has 0 aromatic heterocycles. The van der Waals surface area contributed by atoms with Crippen molar-refractivity contribution in [1.29, 1.82) is 0 Å². The fourth-order valence-corrected chi connectivity index (χ4v) is 6.72. The smallest absolute Gasteiger partial charge is 0.122 e. The SMILES string of the molecule is CCC(CC)(c1cc(C)c(O)c(C)c1)c1cc(C)c(O)c(C)c1.Cc1cc(C)c(O)c(C(C)(C)c2cc(C)cc(C)c2O)c1. The molecule has 44 heavy (non-hydrogen) atoms. The lowest BCUT2D eigenvalue weighted by atomic mass is 9.69. The van der Waals surface area contributed by atoms with Crippen LogP contribution in [0.3, 0.4) is 0 Å². The molecule has 0 bridgehead atoms. The highest BCUT2D eigenvalue weighted by Crippen LogP contribution is 2.44. The van der Waals surface area contributed by atoms with Crippen molar-refractivity contribution < 1.29 is 20.4 Å². The number of phenols is 4. The van der Waals surface area contributed by atoms with Gasteiger partial charge in [0.2, 0.25) is 0 Å². The van der Waals surface area contributed by atoms with E-state index < -0.39 is 5.41 Å². The predicted octanol–water partition coefficient (Wildman–Crippen LogP) is 10.1. The molecule has 0 radical (unpaired) electrons. The predicted molar refractivity (Wildman–Crippen MR) is 184 cm³/mol. The zero-order chi connectivity index (χ0) is 33.3. The van der Waals surface area contributed by atoms with Gasteiger partial charge in [0.1, 0.15) is 23.0 Å². The van der Waals surface area contributed by atoms with Gasteiger partial charge in [-0.1, -0.05) is 87.4 Å². The maximum Gasteiger partial charge on any atom is 0.122 e. The van der Waals surface area contributed by atoms with E-state index in [-0.39, 0.29) is 5.41 Å². The molecule has 0 aliphatic heterocycles. The van der Waals surface area contributed by atoms with Crippen molar-refractivity contribution in [1.82, 2.24) is 0 Å². The fraction of sp³-hybridized carbons (Fsp3) is 0.400. The molecule has 4 aromatic rings. The van der Waals surface area contributed by atoms with Gasteiger partial charge in [-0.3, -0.25) is 0 Å². The van der Waals surface area contributed by atoms with Crippen LogP contribution in [-0.2, 0) is 10.8 Å². The Morgan fingerprint density at radius 3 is 0.977 bits per heavy atom. The first kappa shape index (κ1) is 34.6. The van der Waals surface area contributed by atoms with Crippen LogP contribution in [0.4, 0.5) is 0 Å². The number of aromatic hydroxyl groups is 4. The van der Waals surface area contributed by atoms with Crippen LogP contribution in [0.25, 0.3) is 0 Å². The Labute approximate surface area is 265 Å². The van der Waals surface area contributed by atoms with Gasteiger partial charge in [-0.15, -0.1) is 0 Å². The average molecular weight is 597 g/mol. The second-order valence-electron chi connectivity index (χ2n) is 13.3. The van der Waals surface area contributed by atoms with Crippen LogP contribution in [0.15, 0.2) is 48.5 Å². The highest BCUT2D eigenvalue weighted by molar-refractivity contribution is 5.56. The van der Waals surface area contributed by atoms with Gasteiger partial charge in [0, 0.05) is 22.0 Å². The lowest BCUT2D eigenvalue weighted by molar-refractivity contribution is 0.431. The van der Waals surface area contributed by atoms with Crippen molar-refractivity contribution in [2.45, 2.75) is 107 Å². The molecular formula is C40H52O4. The molecule has 0 unspecified atom stereocenters. The number of phenolic OH excluding ortho intramolecular Hbond substituents is 4. The second-order valence-corrected chi connectivity index (χ2v) is 13.3. The third kappa shape index (κ3) is 6.45. The third-order valence-electron chi connectivity index (χ3n) is 9.53. The Bertz CT molecular complexity index is 1510. The summed E-state index contributed by atoms with van der Waals surface area (Å²) >= 11 is 0. The fourth-order valence-electron chi connectivity index (χ4n) is 6.72. The Morgan fingerprint density at radius 1 is 0.432 bits per heavy atom. The molecule has 0 fully saturated rings. The van der Waals surface area contributed by atoms with Gasteiger partial charge in [-0.25, -0.2) is 0 Å². The number of aryl methyl sites for hydroxylation is 8. The zero-order valence-corrected chi connectivity index (χ0v) is 28.8. The lowest BCUT2D eigenvalue weighted by Gasteiger charge is -2.34. The van der Waals surface area contributed by atoms with Gasteiger partial charge in [0.25, 0.3) is 0 Å². The van der Waals surface area contributed by atoms with Crippen molar-refractivity contribution in [3.05, 3.63) is 115 Å². The summed E-state index contributed by atoms with van der Waals surface area (Å²) in [6, 6.07) is 16.4. The minimum Gasteiger partial charge on any atom is -0.507 e. The Balaban J connectivity index is 0.000000241. The molecule has 236 valence electrons. The van der Waals surface area contributed by atoms with E-state index in [1.54, 1.807) is 0 Å². The highest BCUT2D eigenvalue weighted by atomic mass is 16.3. The second kappa shape index (κ2) is 13.0. The highest BCUT2D eigenvalue weighted by Gasteiger charge is 2.33. The summed E-state index contributed by atoms with van der Waals surface area (Å²) in [6.07, 6.45) is 1.94. The Kier molecular flexibility index (Phi) is 10.2. The molecule has 0 spiro atoms. The van der Waals surface area contributed by atoms with E-state index in [1.807, 2.05) is 93.5 Å². The molecule has 4 N–H and O–H groups in total. The number of rotatable bonds is 6. The van der Waals surface area contributed by atoms with Crippen LogP contribution < -0.4 is 0 Å². The van der Waals surface area contributed by atoms with Crippen LogP contribution in [0.1, 0.15) is 107 Å². The largest absolute Gasteiger partial charge is 0.507 e. The Morgan fingerprint density at radius 2 is 0.705 bits per heavy atom. The zero-order valence-electron chi connectivity index (χ0n) is 28.8. The molecule has 0 saturated carbocycles. The number of hydrogen-bond acceptors (Lipinski definition) is 4. The van der Waals surface area contributed by atoms with E-state index in [4.69, 9.17) is 0 Å². The summed E-state index contributed by atoms with van der Waals surface area (Å²) in [5.41, 5.74) is 11.2. The quantitative estimate of drug-likeness (QED) is 0.179. The molecule has 4 heteroatoms. The van der Waals surface area contributed by atoms with Crippen LogP contribution in [0.5, 0.6) is 23.0 Å². The maximum absolute atomic E-state index is 10.5. The first-order valence-corrected chi connectivity index (χ1v) is 15.6. The summed E-state index contributed by atoms with van der Waals surface area (Å²) < 4.78 is 0. The van der Waals surface area contributed by atoms with Gasteiger partial charge >= 0.3 is 0 Å². The normalized spacial score (nSPS) is 11.7. The third-order valence-corrected chi connectivity index (χ3v) is 9.53. The van der Waals surface area contributed by atoms with Gasteiger partial charge in [0.05, 0.1) is 0 Å². The minimum absolute atomic E-state index is 0.105. The first-order valence-electron chi connectivity index (χ1n) is 15.6. The van der Waals surface area contributed by atoms with Gasteiger partial charge < -0.3 is 20.4 Å².